The molecule has 0 aromatic carbocycles. The monoisotopic (exact) mass is 739 g/mol. The Morgan fingerprint density at radius 2 is 1.56 bits per heavy atom. The molecule has 4 rings (SSSR count). The number of aryl methyl sites for hydroxylation is 2. The van der Waals surface area contributed by atoms with E-state index in [4.69, 9.17) is 23.0 Å². The fraction of sp³-hybridized carbons (Fsp3) is 0.423. The molecule has 4 heterocycles. The van der Waals surface area contributed by atoms with E-state index in [0.717, 1.165) is 23.0 Å². The number of carbonyl (C=O) groups is 1. The summed E-state index contributed by atoms with van der Waals surface area (Å²) >= 11 is 11.8. The summed E-state index contributed by atoms with van der Waals surface area (Å²) < 4.78 is 20.0. The van der Waals surface area contributed by atoms with Crippen molar-refractivity contribution in [1.29, 1.82) is 0 Å². The zero-order valence-corrected chi connectivity index (χ0v) is 35.3. The summed E-state index contributed by atoms with van der Waals surface area (Å²) in [5, 5.41) is 9.07. The van der Waals surface area contributed by atoms with Gasteiger partial charge in [-0.15, -0.1) is 11.6 Å². The van der Waals surface area contributed by atoms with E-state index in [9.17, 15) is 14.0 Å². The summed E-state index contributed by atoms with van der Waals surface area (Å²) in [6, 6.07) is 3.78. The van der Waals surface area contributed by atoms with Crippen LogP contribution in [-0.4, -0.2) is 52.7 Å². The maximum absolute atomic E-state index is 11.3. The van der Waals surface area contributed by atoms with Crippen LogP contribution in [0.3, 0.4) is 0 Å². The minimum atomic E-state index is -1.00. The Hall–Kier alpha value is -0.327. The number of aromatic amines is 3. The van der Waals surface area contributed by atoms with Gasteiger partial charge in [0.2, 0.25) is 0 Å². The number of aromatic nitrogens is 8. The Bertz CT molecular complexity index is 1530. The third-order valence-corrected chi connectivity index (χ3v) is 6.16. The average molecular weight is 740 g/mol. The van der Waals surface area contributed by atoms with Crippen LogP contribution in [0.4, 0.5) is 4.39 Å². The van der Waals surface area contributed by atoms with E-state index in [2.05, 4.69) is 83.8 Å². The molecule has 0 aliphatic heterocycles. The van der Waals surface area contributed by atoms with Crippen LogP contribution in [0.5, 0.6) is 0 Å². The van der Waals surface area contributed by atoms with Crippen molar-refractivity contribution in [3.63, 3.8) is 0 Å². The molecular weight excluding hydrogens is 701 g/mol. The Balaban J connectivity index is -0.000000275. The number of nitrogens with one attached hydrogen (secondary N) is 3. The van der Waals surface area contributed by atoms with E-state index < -0.39 is 7.15 Å². The molecule has 0 aliphatic rings. The standard InChI is InChI=1S/C12H16N4OS.C7H11ClN2.C5H6N2OS.CH3F.CH2O3.2K.H/c1-8(2)16-5-4-13-10(16)7-18-12-14-9(3)6-11(17)15-12;1-6(2)10-4-3-9-7(10)5-8;1-3-2-4(8)7-5(9)6-3;1-2;2-1-4-3;;;/h4-6,8H,7H2,1-3H3,(H,14,15,17);3-4,6H,5H2,1-2H3;2H,1H3,(H2,6,7,8,9);1H3;1,3H;;;/q;;;;;2*+1;-1/p-1/i;;;1D;;;;. The summed E-state index contributed by atoms with van der Waals surface area (Å²) in [6.07, 6.45) is 7.48. The topological polar surface area (TPSA) is 179 Å². The number of H-pyrrole nitrogens is 3. The van der Waals surface area contributed by atoms with Crippen molar-refractivity contribution in [3.05, 3.63) is 85.4 Å². The van der Waals surface area contributed by atoms with E-state index >= 15 is 0 Å². The van der Waals surface area contributed by atoms with E-state index in [1.54, 1.807) is 19.3 Å². The van der Waals surface area contributed by atoms with E-state index in [1.807, 2.05) is 19.3 Å². The summed E-state index contributed by atoms with van der Waals surface area (Å²) in [4.78, 5) is 53.7. The number of hydrogen-bond acceptors (Lipinski definition) is 10. The molecule has 240 valence electrons. The predicted octanol–water partition coefficient (Wildman–Crippen LogP) is -1.77. The number of thioether (sulfide) groups is 1. The third kappa shape index (κ3) is 21.3. The van der Waals surface area contributed by atoms with Crippen LogP contribution in [0.15, 0.2) is 51.7 Å². The molecule has 0 radical (unpaired) electrons. The van der Waals surface area contributed by atoms with Crippen LogP contribution in [0, 0.1) is 18.6 Å². The average Bonchev–Trinajstić information content (AvgIpc) is 3.62. The van der Waals surface area contributed by atoms with Gasteiger partial charge in [0.15, 0.2) is 9.93 Å². The number of alkyl halides is 2. The van der Waals surface area contributed by atoms with Crippen molar-refractivity contribution in [2.75, 3.05) is 7.15 Å². The Morgan fingerprint density at radius 1 is 1.07 bits per heavy atom. The van der Waals surface area contributed by atoms with Gasteiger partial charge in [0.25, 0.3) is 17.6 Å². The first kappa shape index (κ1) is 46.8. The van der Waals surface area contributed by atoms with Crippen molar-refractivity contribution in [3.8, 4) is 0 Å². The quantitative estimate of drug-likeness (QED) is 0.0287. The van der Waals surface area contributed by atoms with Gasteiger partial charge in [-0.05, 0) is 53.8 Å². The first-order chi connectivity index (χ1) is 20.8. The smallest absolute Gasteiger partial charge is 1.00 e. The summed E-state index contributed by atoms with van der Waals surface area (Å²) in [6.45, 7) is 11.9. The second-order valence-electron chi connectivity index (χ2n) is 8.77. The molecule has 0 fully saturated rings. The van der Waals surface area contributed by atoms with Crippen LogP contribution < -0.4 is 119 Å². The number of nitrogens with zero attached hydrogens (tertiary/aromatic N) is 5. The van der Waals surface area contributed by atoms with Crippen molar-refractivity contribution in [2.45, 2.75) is 70.4 Å². The molecule has 3 N–H and O–H groups in total. The number of carbonyl (C=O) groups excluding carboxylic acids is 1. The Morgan fingerprint density at radius 3 is 1.96 bits per heavy atom. The molecule has 0 saturated carbocycles. The summed E-state index contributed by atoms with van der Waals surface area (Å²) in [5.41, 5.74) is 1.24. The van der Waals surface area contributed by atoms with Gasteiger partial charge in [-0.25, -0.2) is 15.0 Å². The first-order valence-corrected chi connectivity index (χ1v) is 14.4. The number of rotatable bonds is 7. The van der Waals surface area contributed by atoms with Gasteiger partial charge in [0.1, 0.15) is 11.6 Å². The maximum atomic E-state index is 11.3. The molecule has 0 spiro atoms. The van der Waals surface area contributed by atoms with Crippen LogP contribution >= 0.6 is 35.6 Å². The molecule has 45 heavy (non-hydrogen) atoms. The molecule has 19 heteroatoms. The minimum Gasteiger partial charge on any atom is -1.00 e. The Kier molecular flexibility index (Phi) is 29.8. The van der Waals surface area contributed by atoms with Crippen LogP contribution in [0.2, 0.25) is 0 Å². The van der Waals surface area contributed by atoms with Gasteiger partial charge in [-0.2, -0.15) is 0 Å². The van der Waals surface area contributed by atoms with Crippen LogP contribution in [-0.2, 0) is 21.3 Å². The molecule has 0 bridgehead atoms. The van der Waals surface area contributed by atoms with Gasteiger partial charge < -0.3 is 30.7 Å². The molecule has 0 unspecified atom stereocenters. The fourth-order valence-electron chi connectivity index (χ4n) is 3.19. The zero-order valence-electron chi connectivity index (χ0n) is 28.7. The van der Waals surface area contributed by atoms with Crippen molar-refractivity contribution < 1.29 is 125 Å². The first-order valence-electron chi connectivity index (χ1n) is 13.2. The van der Waals surface area contributed by atoms with Crippen molar-refractivity contribution in [2.24, 2.45) is 0 Å². The Labute approximate surface area is 363 Å². The molecule has 13 nitrogen and oxygen atoms in total. The third-order valence-electron chi connectivity index (χ3n) is 4.85. The van der Waals surface area contributed by atoms with E-state index in [-0.39, 0.29) is 122 Å². The maximum Gasteiger partial charge on any atom is 1.00 e. The van der Waals surface area contributed by atoms with Gasteiger partial charge >= 0.3 is 103 Å². The van der Waals surface area contributed by atoms with Crippen molar-refractivity contribution in [1.82, 2.24) is 39.0 Å². The molecule has 0 saturated heterocycles. The predicted molar refractivity (Wildman–Crippen MR) is 166 cm³/mol. The summed E-state index contributed by atoms with van der Waals surface area (Å²) in [5.74, 6) is 3.11. The minimum absolute atomic E-state index is 0. The normalized spacial score (nSPS) is 9.62. The molecule has 0 aliphatic carbocycles. The SMILES string of the molecule is CC(C)n1ccnc1CCl.Cc1cc(=O)[nH]c(=S)[nH]1.Cc1cc(=O)[nH]c(SCc2nccn2C(C)C)n1.O=CO[O-].[2H]CF.[H-].[K+].[K+]. The molecule has 4 aromatic heterocycles. The van der Waals surface area contributed by atoms with Crippen LogP contribution in [0.1, 0.15) is 65.6 Å². The molecular formula is C26H38ClFK2N8O5S2. The van der Waals surface area contributed by atoms with Gasteiger partial charge in [-0.1, -0.05) is 11.8 Å². The number of halogens is 2. The second-order valence-corrected chi connectivity index (χ2v) is 10.4. The van der Waals surface area contributed by atoms with E-state index in [0.29, 0.717) is 33.6 Å². The van der Waals surface area contributed by atoms with Crippen molar-refractivity contribution >= 4 is 42.1 Å². The zero-order chi connectivity index (χ0) is 33.7. The van der Waals surface area contributed by atoms with Gasteiger partial charge in [-0.3, -0.25) is 23.8 Å². The largest absolute Gasteiger partial charge is 1.00 e. The fourth-order valence-corrected chi connectivity index (χ4v) is 4.53. The summed E-state index contributed by atoms with van der Waals surface area (Å²) in [7, 11) is -1.00. The molecule has 4 aromatic rings. The van der Waals surface area contributed by atoms with Gasteiger partial charge in [0, 0.05) is 60.4 Å². The van der Waals surface area contributed by atoms with E-state index in [1.165, 1.54) is 23.9 Å². The van der Waals surface area contributed by atoms with Crippen LogP contribution in [0.25, 0.3) is 0 Å². The number of imidazole rings is 2. The van der Waals surface area contributed by atoms with Gasteiger partial charge in [0.05, 0.1) is 20.2 Å². The number of hydrogen-bond donors (Lipinski definition) is 3. The molecule has 0 atom stereocenters. The second kappa shape index (κ2) is 28.7. The molecule has 0 amide bonds.